The number of hydrogen-bond acceptors (Lipinski definition) is 5. The Kier molecular flexibility index (Phi) is 4.03. The van der Waals surface area contributed by atoms with Crippen LogP contribution in [-0.2, 0) is 11.3 Å². The SMILES string of the molecule is O=C1COc2ccc(CNC(=O)c3nc4ccccc4c(=O)[nH]3)c(F)c2N1. The minimum atomic E-state index is -0.694. The highest BCUT2D eigenvalue weighted by molar-refractivity contribution is 5.96. The van der Waals surface area contributed by atoms with Gasteiger partial charge < -0.3 is 20.4 Å². The topological polar surface area (TPSA) is 113 Å². The standard InChI is InChI=1S/C18H13FN4O4/c19-14-9(5-6-12-15(14)22-13(24)8-27-12)7-20-18(26)16-21-11-4-2-1-3-10(11)17(25)23-16/h1-6H,7-8H2,(H,20,26)(H,22,24)(H,21,23,25). The maximum atomic E-state index is 14.5. The molecule has 8 nitrogen and oxygen atoms in total. The number of aromatic nitrogens is 2. The van der Waals surface area contributed by atoms with Crippen LogP contribution in [0.5, 0.6) is 5.75 Å². The molecule has 0 saturated heterocycles. The normalized spacial score (nSPS) is 12.9. The molecule has 0 fully saturated rings. The molecular formula is C18H13FN4O4. The molecular weight excluding hydrogens is 355 g/mol. The van der Waals surface area contributed by atoms with Crippen molar-refractivity contribution in [3.8, 4) is 5.75 Å². The molecule has 1 aliphatic heterocycles. The Labute approximate surface area is 151 Å². The van der Waals surface area contributed by atoms with Gasteiger partial charge in [-0.25, -0.2) is 9.37 Å². The molecule has 3 N–H and O–H groups in total. The van der Waals surface area contributed by atoms with Crippen LogP contribution < -0.4 is 20.9 Å². The molecule has 0 saturated carbocycles. The number of carbonyl (C=O) groups excluding carboxylic acids is 2. The van der Waals surface area contributed by atoms with E-state index in [2.05, 4.69) is 20.6 Å². The molecule has 27 heavy (non-hydrogen) atoms. The highest BCUT2D eigenvalue weighted by Gasteiger charge is 2.22. The first kappa shape index (κ1) is 16.7. The second kappa shape index (κ2) is 6.52. The predicted octanol–water partition coefficient (Wildman–Crippen LogP) is 1.32. The van der Waals surface area contributed by atoms with Crippen LogP contribution in [0.4, 0.5) is 10.1 Å². The van der Waals surface area contributed by atoms with E-state index < -0.39 is 23.2 Å². The summed E-state index contributed by atoms with van der Waals surface area (Å²) in [5.41, 5.74) is 0.0306. The quantitative estimate of drug-likeness (QED) is 0.645. The van der Waals surface area contributed by atoms with E-state index in [0.717, 1.165) is 0 Å². The van der Waals surface area contributed by atoms with Crippen LogP contribution in [0.15, 0.2) is 41.2 Å². The lowest BCUT2D eigenvalue weighted by Gasteiger charge is -2.19. The Bertz CT molecular complexity index is 1140. The number of nitrogens with zero attached hydrogens (tertiary/aromatic N) is 1. The minimum absolute atomic E-state index is 0.0600. The fourth-order valence-electron chi connectivity index (χ4n) is 2.75. The third kappa shape index (κ3) is 3.10. The van der Waals surface area contributed by atoms with Crippen molar-refractivity contribution < 1.29 is 18.7 Å². The number of anilines is 1. The highest BCUT2D eigenvalue weighted by Crippen LogP contribution is 2.32. The summed E-state index contributed by atoms with van der Waals surface area (Å²) in [4.78, 5) is 42.2. The van der Waals surface area contributed by atoms with E-state index in [1.54, 1.807) is 24.3 Å². The van der Waals surface area contributed by atoms with Crippen molar-refractivity contribution in [2.45, 2.75) is 6.54 Å². The molecule has 2 aromatic carbocycles. The number of nitrogens with one attached hydrogen (secondary N) is 3. The second-order valence-corrected chi connectivity index (χ2v) is 5.86. The smallest absolute Gasteiger partial charge is 0.287 e. The Balaban J connectivity index is 1.56. The van der Waals surface area contributed by atoms with E-state index in [1.807, 2.05) is 0 Å². The lowest BCUT2D eigenvalue weighted by Crippen LogP contribution is -2.29. The van der Waals surface area contributed by atoms with Gasteiger partial charge in [-0.05, 0) is 18.2 Å². The number of hydrogen-bond donors (Lipinski definition) is 3. The van der Waals surface area contributed by atoms with Gasteiger partial charge in [-0.3, -0.25) is 14.4 Å². The molecule has 0 spiro atoms. The van der Waals surface area contributed by atoms with E-state index >= 15 is 0 Å². The Morgan fingerprint density at radius 1 is 1.22 bits per heavy atom. The second-order valence-electron chi connectivity index (χ2n) is 5.86. The average molecular weight is 368 g/mol. The first-order valence-corrected chi connectivity index (χ1v) is 8.04. The maximum Gasteiger partial charge on any atom is 0.287 e. The molecule has 1 aliphatic rings. The number of ether oxygens (including phenoxy) is 1. The molecule has 0 aliphatic carbocycles. The Morgan fingerprint density at radius 3 is 2.89 bits per heavy atom. The number of fused-ring (bicyclic) bond motifs is 2. The number of H-pyrrole nitrogens is 1. The fraction of sp³-hybridized carbons (Fsp3) is 0.111. The maximum absolute atomic E-state index is 14.5. The summed E-state index contributed by atoms with van der Waals surface area (Å²) in [5, 5.41) is 5.27. The van der Waals surface area contributed by atoms with Crippen LogP contribution in [0.25, 0.3) is 10.9 Å². The predicted molar refractivity (Wildman–Crippen MR) is 94.1 cm³/mol. The Hall–Kier alpha value is -3.75. The summed E-state index contributed by atoms with van der Waals surface area (Å²) < 4.78 is 19.7. The van der Waals surface area contributed by atoms with Gasteiger partial charge in [0.15, 0.2) is 18.2 Å². The van der Waals surface area contributed by atoms with Crippen LogP contribution in [0.2, 0.25) is 0 Å². The number of carbonyl (C=O) groups is 2. The lowest BCUT2D eigenvalue weighted by atomic mass is 10.1. The number of amides is 2. The third-order valence-electron chi connectivity index (χ3n) is 4.07. The summed E-state index contributed by atoms with van der Waals surface area (Å²) in [5.74, 6) is -1.76. The zero-order valence-corrected chi connectivity index (χ0v) is 13.8. The molecule has 2 heterocycles. The van der Waals surface area contributed by atoms with Gasteiger partial charge in [0, 0.05) is 12.1 Å². The summed E-state index contributed by atoms with van der Waals surface area (Å²) in [6.07, 6.45) is 0. The number of para-hydroxylation sites is 1. The summed E-state index contributed by atoms with van der Waals surface area (Å²) >= 11 is 0. The van der Waals surface area contributed by atoms with Crippen molar-refractivity contribution in [1.29, 1.82) is 0 Å². The zero-order valence-electron chi connectivity index (χ0n) is 13.8. The molecule has 2 amide bonds. The molecule has 0 radical (unpaired) electrons. The average Bonchev–Trinajstić information content (AvgIpc) is 2.67. The van der Waals surface area contributed by atoms with Crippen molar-refractivity contribution >= 4 is 28.4 Å². The first-order chi connectivity index (χ1) is 13.0. The molecule has 3 aromatic rings. The molecule has 0 unspecified atom stereocenters. The number of halogens is 1. The van der Waals surface area contributed by atoms with Gasteiger partial charge in [0.1, 0.15) is 11.4 Å². The number of benzene rings is 2. The van der Waals surface area contributed by atoms with Crippen molar-refractivity contribution in [2.24, 2.45) is 0 Å². The monoisotopic (exact) mass is 368 g/mol. The number of aromatic amines is 1. The number of rotatable bonds is 3. The summed E-state index contributed by atoms with van der Waals surface area (Å²) in [6, 6.07) is 9.57. The summed E-state index contributed by atoms with van der Waals surface area (Å²) in [6.45, 7) is -0.339. The Morgan fingerprint density at radius 2 is 2.04 bits per heavy atom. The van der Waals surface area contributed by atoms with Crippen LogP contribution >= 0.6 is 0 Å². The van der Waals surface area contributed by atoms with E-state index in [1.165, 1.54) is 12.1 Å². The molecule has 0 bridgehead atoms. The van der Waals surface area contributed by atoms with Crippen molar-refractivity contribution in [2.75, 3.05) is 11.9 Å². The van der Waals surface area contributed by atoms with Crippen molar-refractivity contribution in [3.05, 3.63) is 64.0 Å². The fourth-order valence-corrected chi connectivity index (χ4v) is 2.75. The van der Waals surface area contributed by atoms with Gasteiger partial charge in [0.05, 0.1) is 10.9 Å². The van der Waals surface area contributed by atoms with E-state index in [0.29, 0.717) is 10.9 Å². The lowest BCUT2D eigenvalue weighted by molar-refractivity contribution is -0.118. The van der Waals surface area contributed by atoms with Crippen LogP contribution in [0, 0.1) is 5.82 Å². The van der Waals surface area contributed by atoms with Crippen LogP contribution in [0.3, 0.4) is 0 Å². The van der Waals surface area contributed by atoms with E-state index in [4.69, 9.17) is 4.74 Å². The molecule has 1 aromatic heterocycles. The molecule has 0 atom stereocenters. The van der Waals surface area contributed by atoms with Crippen LogP contribution in [-0.4, -0.2) is 28.4 Å². The third-order valence-corrected chi connectivity index (χ3v) is 4.07. The minimum Gasteiger partial charge on any atom is -0.481 e. The van der Waals surface area contributed by atoms with Crippen LogP contribution in [0.1, 0.15) is 16.2 Å². The largest absolute Gasteiger partial charge is 0.481 e. The van der Waals surface area contributed by atoms with Gasteiger partial charge in [0.2, 0.25) is 0 Å². The van der Waals surface area contributed by atoms with Gasteiger partial charge >= 0.3 is 0 Å². The van der Waals surface area contributed by atoms with E-state index in [-0.39, 0.29) is 36.0 Å². The van der Waals surface area contributed by atoms with Gasteiger partial charge in [-0.2, -0.15) is 0 Å². The molecule has 4 rings (SSSR count). The summed E-state index contributed by atoms with van der Waals surface area (Å²) in [7, 11) is 0. The highest BCUT2D eigenvalue weighted by atomic mass is 19.1. The zero-order chi connectivity index (χ0) is 19.0. The van der Waals surface area contributed by atoms with Crippen molar-refractivity contribution in [3.63, 3.8) is 0 Å². The van der Waals surface area contributed by atoms with Crippen molar-refractivity contribution in [1.82, 2.24) is 15.3 Å². The van der Waals surface area contributed by atoms with Gasteiger partial charge in [-0.1, -0.05) is 18.2 Å². The first-order valence-electron chi connectivity index (χ1n) is 8.04. The van der Waals surface area contributed by atoms with Gasteiger partial charge in [0.25, 0.3) is 17.4 Å². The molecule has 136 valence electrons. The molecule has 9 heteroatoms. The van der Waals surface area contributed by atoms with E-state index in [9.17, 15) is 18.8 Å². The van der Waals surface area contributed by atoms with Gasteiger partial charge in [-0.15, -0.1) is 0 Å².